The fraction of sp³-hybridized carbons (Fsp3) is 0.857. The molecule has 0 rings (SSSR count). The maximum absolute atomic E-state index is 8.29. The Balaban J connectivity index is 3.61. The first-order chi connectivity index (χ1) is 5.07. The lowest BCUT2D eigenvalue weighted by molar-refractivity contribution is 0.314. The van der Waals surface area contributed by atoms with Crippen molar-refractivity contribution in [2.75, 3.05) is 6.54 Å². The third-order valence-corrected chi connectivity index (χ3v) is 1.39. The molecule has 4 heteroatoms. The molecule has 4 nitrogen and oxygen atoms in total. The van der Waals surface area contributed by atoms with Gasteiger partial charge in [-0.05, 0) is 19.4 Å². The van der Waals surface area contributed by atoms with Crippen LogP contribution in [0.5, 0.6) is 0 Å². The Morgan fingerprint density at radius 3 is 2.45 bits per heavy atom. The molecular formula is C7H17N3O. The zero-order chi connectivity index (χ0) is 8.85. The molecule has 4 N–H and O–H groups in total. The second-order valence-electron chi connectivity index (χ2n) is 3.05. The van der Waals surface area contributed by atoms with Crippen molar-refractivity contribution < 1.29 is 5.21 Å². The average Bonchev–Trinajstić information content (AvgIpc) is 1.98. The molecule has 0 aromatic rings. The van der Waals surface area contributed by atoms with E-state index in [0.717, 1.165) is 6.54 Å². The predicted octanol–water partition coefficient (Wildman–Crippen LogP) is 0.367. The van der Waals surface area contributed by atoms with Gasteiger partial charge in [-0.1, -0.05) is 19.0 Å². The summed E-state index contributed by atoms with van der Waals surface area (Å²) in [6, 6.07) is -0.0533. The van der Waals surface area contributed by atoms with Crippen molar-refractivity contribution in [1.82, 2.24) is 5.32 Å². The number of hydrogen-bond acceptors (Lipinski definition) is 3. The molecule has 0 aliphatic heterocycles. The van der Waals surface area contributed by atoms with Crippen molar-refractivity contribution in [3.8, 4) is 0 Å². The quantitative estimate of drug-likeness (QED) is 0.240. The highest BCUT2D eigenvalue weighted by atomic mass is 16.4. The van der Waals surface area contributed by atoms with Crippen LogP contribution in [-0.2, 0) is 0 Å². The summed E-state index contributed by atoms with van der Waals surface area (Å²) in [5.74, 6) is 0.801. The van der Waals surface area contributed by atoms with Gasteiger partial charge in [-0.15, -0.1) is 0 Å². The van der Waals surface area contributed by atoms with Gasteiger partial charge in [0.05, 0.1) is 6.04 Å². The Bertz CT molecular complexity index is 134. The second-order valence-corrected chi connectivity index (χ2v) is 3.05. The van der Waals surface area contributed by atoms with Crippen LogP contribution in [0.3, 0.4) is 0 Å². The van der Waals surface area contributed by atoms with E-state index in [0.29, 0.717) is 5.92 Å². The van der Waals surface area contributed by atoms with Crippen molar-refractivity contribution >= 4 is 5.84 Å². The van der Waals surface area contributed by atoms with E-state index >= 15 is 0 Å². The van der Waals surface area contributed by atoms with Crippen molar-refractivity contribution in [3.05, 3.63) is 0 Å². The molecule has 1 unspecified atom stereocenters. The van der Waals surface area contributed by atoms with Gasteiger partial charge in [0, 0.05) is 0 Å². The third kappa shape index (κ3) is 4.61. The molecule has 0 bridgehead atoms. The average molecular weight is 159 g/mol. The van der Waals surface area contributed by atoms with Gasteiger partial charge >= 0.3 is 0 Å². The summed E-state index contributed by atoms with van der Waals surface area (Å²) in [7, 11) is 0. The minimum atomic E-state index is -0.0533. The number of rotatable bonds is 4. The first-order valence-corrected chi connectivity index (χ1v) is 3.78. The maximum Gasteiger partial charge on any atom is 0.156 e. The summed E-state index contributed by atoms with van der Waals surface area (Å²) in [6.45, 7) is 6.94. The highest BCUT2D eigenvalue weighted by Gasteiger charge is 2.05. The smallest absolute Gasteiger partial charge is 0.156 e. The van der Waals surface area contributed by atoms with Crippen molar-refractivity contribution in [2.24, 2.45) is 16.8 Å². The zero-order valence-corrected chi connectivity index (χ0v) is 7.33. The molecule has 0 saturated carbocycles. The largest absolute Gasteiger partial charge is 0.409 e. The molecule has 0 aromatic carbocycles. The molecule has 0 aliphatic rings. The van der Waals surface area contributed by atoms with Crippen LogP contribution in [-0.4, -0.2) is 23.6 Å². The van der Waals surface area contributed by atoms with Crippen LogP contribution in [0.1, 0.15) is 20.8 Å². The topological polar surface area (TPSA) is 70.6 Å². The molecule has 0 amide bonds. The standard InChI is InChI=1S/C7H17N3O/c1-5(2)4-9-6(3)7(8)10-11/h5-6,9,11H,4H2,1-3H3,(H2,8,10). The molecule has 0 fully saturated rings. The fourth-order valence-corrected chi connectivity index (χ4v) is 0.604. The Morgan fingerprint density at radius 1 is 1.55 bits per heavy atom. The van der Waals surface area contributed by atoms with Gasteiger partial charge in [-0.2, -0.15) is 0 Å². The van der Waals surface area contributed by atoms with Crippen molar-refractivity contribution in [1.29, 1.82) is 0 Å². The monoisotopic (exact) mass is 159 g/mol. The minimum Gasteiger partial charge on any atom is -0.409 e. The minimum absolute atomic E-state index is 0.0533. The number of amidine groups is 1. The molecule has 1 atom stereocenters. The summed E-state index contributed by atoms with van der Waals surface area (Å²) >= 11 is 0. The summed E-state index contributed by atoms with van der Waals surface area (Å²) < 4.78 is 0. The predicted molar refractivity (Wildman–Crippen MR) is 45.7 cm³/mol. The van der Waals surface area contributed by atoms with Gasteiger partial charge in [0.15, 0.2) is 5.84 Å². The molecule has 11 heavy (non-hydrogen) atoms. The van der Waals surface area contributed by atoms with Gasteiger partial charge in [0.2, 0.25) is 0 Å². The molecule has 0 radical (unpaired) electrons. The summed E-state index contributed by atoms with van der Waals surface area (Å²) in [6.07, 6.45) is 0. The SMILES string of the molecule is CC(C)CNC(C)C(N)=NO. The number of nitrogens with zero attached hydrogens (tertiary/aromatic N) is 1. The number of nitrogens with one attached hydrogen (secondary N) is 1. The van der Waals surface area contributed by atoms with Gasteiger partial charge in [-0.3, -0.25) is 0 Å². The lowest BCUT2D eigenvalue weighted by Gasteiger charge is -2.13. The molecule has 0 heterocycles. The zero-order valence-electron chi connectivity index (χ0n) is 7.33. The first-order valence-electron chi connectivity index (χ1n) is 3.78. The van der Waals surface area contributed by atoms with E-state index < -0.39 is 0 Å². The van der Waals surface area contributed by atoms with Gasteiger partial charge < -0.3 is 16.3 Å². The Labute approximate surface area is 67.5 Å². The second kappa shape index (κ2) is 4.96. The van der Waals surface area contributed by atoms with E-state index in [1.165, 1.54) is 0 Å². The van der Waals surface area contributed by atoms with Crippen molar-refractivity contribution in [3.63, 3.8) is 0 Å². The Kier molecular flexibility index (Phi) is 4.61. The molecule has 66 valence electrons. The molecule has 0 spiro atoms. The van der Waals surface area contributed by atoms with Crippen LogP contribution in [0.4, 0.5) is 0 Å². The molecule has 0 aliphatic carbocycles. The van der Waals surface area contributed by atoms with Crippen LogP contribution in [0.25, 0.3) is 0 Å². The Hall–Kier alpha value is -0.770. The lowest BCUT2D eigenvalue weighted by Crippen LogP contribution is -2.40. The normalized spacial score (nSPS) is 15.5. The van der Waals surface area contributed by atoms with Crippen LogP contribution in [0, 0.1) is 5.92 Å². The van der Waals surface area contributed by atoms with E-state index in [1.54, 1.807) is 0 Å². The number of nitrogens with two attached hydrogens (primary N) is 1. The van der Waals surface area contributed by atoms with Gasteiger partial charge in [0.1, 0.15) is 0 Å². The van der Waals surface area contributed by atoms with Crippen LogP contribution >= 0.6 is 0 Å². The summed E-state index contributed by atoms with van der Waals surface area (Å²) in [4.78, 5) is 0. The van der Waals surface area contributed by atoms with E-state index in [9.17, 15) is 0 Å². The summed E-state index contributed by atoms with van der Waals surface area (Å²) in [5.41, 5.74) is 5.34. The number of oxime groups is 1. The fourth-order valence-electron chi connectivity index (χ4n) is 0.604. The van der Waals surface area contributed by atoms with Crippen LogP contribution in [0.2, 0.25) is 0 Å². The molecule has 0 aromatic heterocycles. The van der Waals surface area contributed by atoms with Gasteiger partial charge in [-0.25, -0.2) is 0 Å². The maximum atomic E-state index is 8.29. The molecule has 0 saturated heterocycles. The number of hydrogen-bond donors (Lipinski definition) is 3. The van der Waals surface area contributed by atoms with Crippen molar-refractivity contribution in [2.45, 2.75) is 26.8 Å². The first kappa shape index (κ1) is 10.2. The lowest BCUT2D eigenvalue weighted by atomic mass is 10.2. The highest BCUT2D eigenvalue weighted by Crippen LogP contribution is 1.89. The molecular weight excluding hydrogens is 142 g/mol. The van der Waals surface area contributed by atoms with Crippen LogP contribution in [0.15, 0.2) is 5.16 Å². The summed E-state index contributed by atoms with van der Waals surface area (Å²) in [5, 5.41) is 14.3. The van der Waals surface area contributed by atoms with Gasteiger partial charge in [0.25, 0.3) is 0 Å². The van der Waals surface area contributed by atoms with Crippen LogP contribution < -0.4 is 11.1 Å². The Morgan fingerprint density at radius 2 is 2.09 bits per heavy atom. The van der Waals surface area contributed by atoms with E-state index in [2.05, 4.69) is 24.3 Å². The van der Waals surface area contributed by atoms with E-state index in [-0.39, 0.29) is 11.9 Å². The van der Waals surface area contributed by atoms with E-state index in [4.69, 9.17) is 10.9 Å². The third-order valence-electron chi connectivity index (χ3n) is 1.39. The van der Waals surface area contributed by atoms with E-state index in [1.807, 2.05) is 6.92 Å². The highest BCUT2D eigenvalue weighted by molar-refractivity contribution is 5.84.